The third-order valence-electron chi connectivity index (χ3n) is 3.65. The lowest BCUT2D eigenvalue weighted by Crippen LogP contribution is -2.45. The van der Waals surface area contributed by atoms with Crippen molar-refractivity contribution in [3.8, 4) is 5.75 Å². The average Bonchev–Trinajstić information content (AvgIpc) is 2.47. The van der Waals surface area contributed by atoms with E-state index in [0.717, 1.165) is 51.5 Å². The molecule has 1 heterocycles. The number of hydrogen-bond donors (Lipinski definition) is 1. The van der Waals surface area contributed by atoms with Gasteiger partial charge in [0.1, 0.15) is 5.75 Å². The maximum atomic E-state index is 5.87. The van der Waals surface area contributed by atoms with Crippen LogP contribution >= 0.6 is 0 Å². The number of benzene rings is 1. The van der Waals surface area contributed by atoms with Crippen molar-refractivity contribution in [2.24, 2.45) is 5.92 Å². The molecule has 106 valence electrons. The van der Waals surface area contributed by atoms with Gasteiger partial charge in [-0.2, -0.15) is 0 Å². The van der Waals surface area contributed by atoms with Gasteiger partial charge in [-0.3, -0.25) is 0 Å². The standard InChI is InChI=1S/C16H26N2O/c1-3-15-4-6-16(7-5-15)19-13-14(2)12-18-10-8-17-9-11-18/h4-7,14,17H,3,8-13H2,1-2H3. The van der Waals surface area contributed by atoms with Crippen LogP contribution in [0.15, 0.2) is 24.3 Å². The molecular formula is C16H26N2O. The topological polar surface area (TPSA) is 24.5 Å². The fourth-order valence-corrected chi connectivity index (χ4v) is 2.45. The summed E-state index contributed by atoms with van der Waals surface area (Å²) < 4.78 is 5.87. The van der Waals surface area contributed by atoms with Gasteiger partial charge in [0.2, 0.25) is 0 Å². The van der Waals surface area contributed by atoms with Crippen LogP contribution in [-0.4, -0.2) is 44.2 Å². The van der Waals surface area contributed by atoms with E-state index in [-0.39, 0.29) is 0 Å². The number of hydrogen-bond acceptors (Lipinski definition) is 3. The number of aryl methyl sites for hydroxylation is 1. The van der Waals surface area contributed by atoms with Crippen molar-refractivity contribution in [2.45, 2.75) is 20.3 Å². The first-order chi connectivity index (χ1) is 9.28. The second-order valence-corrected chi connectivity index (χ2v) is 5.46. The van der Waals surface area contributed by atoms with Crippen LogP contribution in [0.4, 0.5) is 0 Å². The molecule has 3 heteroatoms. The molecule has 0 radical (unpaired) electrons. The normalized spacial score (nSPS) is 18.2. The predicted octanol–water partition coefficient (Wildman–Crippen LogP) is 2.17. The molecule has 1 aliphatic heterocycles. The van der Waals surface area contributed by atoms with Crippen molar-refractivity contribution >= 4 is 0 Å². The molecule has 1 aromatic rings. The Morgan fingerprint density at radius 2 is 1.89 bits per heavy atom. The lowest BCUT2D eigenvalue weighted by Gasteiger charge is -2.29. The van der Waals surface area contributed by atoms with E-state index in [1.807, 2.05) is 0 Å². The maximum Gasteiger partial charge on any atom is 0.119 e. The minimum absolute atomic E-state index is 0.573. The van der Waals surface area contributed by atoms with Gasteiger partial charge >= 0.3 is 0 Å². The predicted molar refractivity (Wildman–Crippen MR) is 79.8 cm³/mol. The molecule has 2 rings (SSSR count). The molecule has 0 amide bonds. The fourth-order valence-electron chi connectivity index (χ4n) is 2.45. The second kappa shape index (κ2) is 7.51. The summed E-state index contributed by atoms with van der Waals surface area (Å²) in [5.74, 6) is 1.56. The highest BCUT2D eigenvalue weighted by Gasteiger charge is 2.13. The molecule has 19 heavy (non-hydrogen) atoms. The van der Waals surface area contributed by atoms with E-state index < -0.39 is 0 Å². The zero-order chi connectivity index (χ0) is 13.5. The molecular weight excluding hydrogens is 236 g/mol. The number of nitrogens with zero attached hydrogens (tertiary/aromatic N) is 1. The molecule has 1 aliphatic rings. The van der Waals surface area contributed by atoms with Gasteiger partial charge in [-0.05, 0) is 24.1 Å². The molecule has 1 fully saturated rings. The van der Waals surface area contributed by atoms with E-state index in [2.05, 4.69) is 48.3 Å². The molecule has 0 aliphatic carbocycles. The summed E-state index contributed by atoms with van der Waals surface area (Å²) in [7, 11) is 0. The maximum absolute atomic E-state index is 5.87. The summed E-state index contributed by atoms with van der Waals surface area (Å²) in [5.41, 5.74) is 1.36. The Bertz CT molecular complexity index is 358. The van der Waals surface area contributed by atoms with Crippen LogP contribution in [0.5, 0.6) is 5.75 Å². The summed E-state index contributed by atoms with van der Waals surface area (Å²) in [6.07, 6.45) is 1.08. The summed E-state index contributed by atoms with van der Waals surface area (Å²) >= 11 is 0. The highest BCUT2D eigenvalue weighted by atomic mass is 16.5. The molecule has 1 aromatic carbocycles. The molecule has 1 N–H and O–H groups in total. The molecule has 3 nitrogen and oxygen atoms in total. The van der Waals surface area contributed by atoms with Gasteiger partial charge in [-0.25, -0.2) is 0 Å². The summed E-state index contributed by atoms with van der Waals surface area (Å²) in [4.78, 5) is 2.52. The molecule has 1 unspecified atom stereocenters. The van der Waals surface area contributed by atoms with E-state index in [4.69, 9.17) is 4.74 Å². The third kappa shape index (κ3) is 4.84. The Morgan fingerprint density at radius 3 is 2.53 bits per heavy atom. The third-order valence-corrected chi connectivity index (χ3v) is 3.65. The smallest absolute Gasteiger partial charge is 0.119 e. The first-order valence-electron chi connectivity index (χ1n) is 7.42. The first-order valence-corrected chi connectivity index (χ1v) is 7.42. The van der Waals surface area contributed by atoms with Crippen molar-refractivity contribution in [1.82, 2.24) is 10.2 Å². The Hall–Kier alpha value is -1.06. The van der Waals surface area contributed by atoms with Crippen LogP contribution in [0.1, 0.15) is 19.4 Å². The first kappa shape index (κ1) is 14.4. The van der Waals surface area contributed by atoms with Crippen molar-refractivity contribution < 1.29 is 4.74 Å². The lowest BCUT2D eigenvalue weighted by atomic mass is 10.1. The second-order valence-electron chi connectivity index (χ2n) is 5.46. The zero-order valence-corrected chi connectivity index (χ0v) is 12.2. The van der Waals surface area contributed by atoms with Gasteiger partial charge in [-0.15, -0.1) is 0 Å². The lowest BCUT2D eigenvalue weighted by molar-refractivity contribution is 0.171. The van der Waals surface area contributed by atoms with E-state index in [0.29, 0.717) is 5.92 Å². The van der Waals surface area contributed by atoms with Crippen LogP contribution in [0.3, 0.4) is 0 Å². The van der Waals surface area contributed by atoms with Crippen LogP contribution in [-0.2, 0) is 6.42 Å². The molecule has 1 saturated heterocycles. The van der Waals surface area contributed by atoms with Crippen molar-refractivity contribution in [3.05, 3.63) is 29.8 Å². The van der Waals surface area contributed by atoms with Crippen LogP contribution in [0.25, 0.3) is 0 Å². The Kier molecular flexibility index (Phi) is 5.67. The minimum atomic E-state index is 0.573. The van der Waals surface area contributed by atoms with Crippen molar-refractivity contribution in [1.29, 1.82) is 0 Å². The summed E-state index contributed by atoms with van der Waals surface area (Å²) in [6.45, 7) is 10.9. The number of rotatable bonds is 6. The summed E-state index contributed by atoms with van der Waals surface area (Å²) in [5, 5.41) is 3.38. The number of ether oxygens (including phenoxy) is 1. The highest BCUT2D eigenvalue weighted by Crippen LogP contribution is 2.14. The van der Waals surface area contributed by atoms with Crippen LogP contribution in [0.2, 0.25) is 0 Å². The highest BCUT2D eigenvalue weighted by molar-refractivity contribution is 5.27. The minimum Gasteiger partial charge on any atom is -0.493 e. The molecule has 0 spiro atoms. The van der Waals surface area contributed by atoms with Crippen molar-refractivity contribution in [3.63, 3.8) is 0 Å². The average molecular weight is 262 g/mol. The van der Waals surface area contributed by atoms with Gasteiger partial charge in [-0.1, -0.05) is 26.0 Å². The quantitative estimate of drug-likeness (QED) is 0.850. The molecule has 0 aromatic heterocycles. The number of nitrogens with one attached hydrogen (secondary N) is 1. The molecule has 0 bridgehead atoms. The largest absolute Gasteiger partial charge is 0.493 e. The van der Waals surface area contributed by atoms with E-state index >= 15 is 0 Å². The Balaban J connectivity index is 1.71. The zero-order valence-electron chi connectivity index (χ0n) is 12.2. The van der Waals surface area contributed by atoms with Crippen molar-refractivity contribution in [2.75, 3.05) is 39.3 Å². The van der Waals surface area contributed by atoms with Gasteiger partial charge in [0.15, 0.2) is 0 Å². The molecule has 0 saturated carbocycles. The summed E-state index contributed by atoms with van der Waals surface area (Å²) in [6, 6.07) is 8.46. The van der Waals surface area contributed by atoms with Gasteiger partial charge in [0, 0.05) is 38.6 Å². The van der Waals surface area contributed by atoms with E-state index in [1.54, 1.807) is 0 Å². The SMILES string of the molecule is CCc1ccc(OCC(C)CN2CCNCC2)cc1. The number of piperazine rings is 1. The van der Waals surface area contributed by atoms with E-state index in [1.165, 1.54) is 5.56 Å². The Labute approximate surface area is 116 Å². The Morgan fingerprint density at radius 1 is 1.21 bits per heavy atom. The van der Waals surface area contributed by atoms with E-state index in [9.17, 15) is 0 Å². The fraction of sp³-hybridized carbons (Fsp3) is 0.625. The van der Waals surface area contributed by atoms with Gasteiger partial charge in [0.25, 0.3) is 0 Å². The van der Waals surface area contributed by atoms with Crippen LogP contribution < -0.4 is 10.1 Å². The monoisotopic (exact) mass is 262 g/mol. The van der Waals surface area contributed by atoms with Gasteiger partial charge < -0.3 is 15.0 Å². The van der Waals surface area contributed by atoms with Gasteiger partial charge in [0.05, 0.1) is 6.61 Å². The van der Waals surface area contributed by atoms with Crippen LogP contribution in [0, 0.1) is 5.92 Å². The molecule has 1 atom stereocenters.